The lowest BCUT2D eigenvalue weighted by atomic mass is 10.2. The summed E-state index contributed by atoms with van der Waals surface area (Å²) in [7, 11) is 0. The molecule has 2 aromatic rings. The molecule has 2 rings (SSSR count). The molecule has 0 aliphatic rings. The smallest absolute Gasteiger partial charge is 0.348 e. The molecule has 0 amide bonds. The molecule has 1 aromatic carbocycles. The van der Waals surface area contributed by atoms with Crippen LogP contribution in [0.5, 0.6) is 0 Å². The molecule has 1 heterocycles. The molecule has 0 aliphatic heterocycles. The minimum absolute atomic E-state index is 0.268. The first-order valence-corrected chi connectivity index (χ1v) is 6.05. The second kappa shape index (κ2) is 5.10. The van der Waals surface area contributed by atoms with Gasteiger partial charge in [0, 0.05) is 4.88 Å². The van der Waals surface area contributed by atoms with Crippen molar-refractivity contribution in [3.8, 4) is 10.4 Å². The molecule has 0 radical (unpaired) electrons. The molecule has 0 saturated heterocycles. The van der Waals surface area contributed by atoms with E-state index in [2.05, 4.69) is 0 Å². The Morgan fingerprint density at radius 1 is 1.24 bits per heavy atom. The number of halogens is 1. The molecule has 0 unspecified atom stereocenters. The summed E-state index contributed by atoms with van der Waals surface area (Å²) in [6.45, 7) is 2.13. The zero-order valence-electron chi connectivity index (χ0n) is 9.27. The van der Waals surface area contributed by atoms with Crippen molar-refractivity contribution in [2.75, 3.05) is 6.61 Å². The van der Waals surface area contributed by atoms with Crippen molar-refractivity contribution in [1.29, 1.82) is 0 Å². The van der Waals surface area contributed by atoms with Gasteiger partial charge in [0.25, 0.3) is 0 Å². The van der Waals surface area contributed by atoms with Gasteiger partial charge < -0.3 is 4.74 Å². The molecule has 0 bridgehead atoms. The van der Waals surface area contributed by atoms with Gasteiger partial charge in [0.15, 0.2) is 0 Å². The van der Waals surface area contributed by atoms with Crippen molar-refractivity contribution >= 4 is 17.3 Å². The number of carbonyl (C=O) groups is 1. The average Bonchev–Trinajstić information content (AvgIpc) is 2.80. The van der Waals surface area contributed by atoms with Gasteiger partial charge in [0.2, 0.25) is 0 Å². The lowest BCUT2D eigenvalue weighted by Crippen LogP contribution is -2.01. The van der Waals surface area contributed by atoms with Crippen LogP contribution in [0, 0.1) is 5.82 Å². The third-order valence-electron chi connectivity index (χ3n) is 2.21. The normalized spacial score (nSPS) is 10.2. The van der Waals surface area contributed by atoms with E-state index < -0.39 is 0 Å². The fraction of sp³-hybridized carbons (Fsp3) is 0.154. The minimum atomic E-state index is -0.314. The maximum absolute atomic E-state index is 12.8. The lowest BCUT2D eigenvalue weighted by Gasteiger charge is -1.98. The standard InChI is InChI=1S/C13H11FO2S/c1-2-16-13(15)12-8-7-11(17-12)9-3-5-10(14)6-4-9/h3-8H,2H2,1H3. The summed E-state index contributed by atoms with van der Waals surface area (Å²) < 4.78 is 17.7. The SMILES string of the molecule is CCOC(=O)c1ccc(-c2ccc(F)cc2)s1. The Bertz CT molecular complexity index is 516. The molecular formula is C13H11FO2S. The fourth-order valence-corrected chi connectivity index (χ4v) is 2.32. The maximum Gasteiger partial charge on any atom is 0.348 e. The predicted molar refractivity (Wildman–Crippen MR) is 65.7 cm³/mol. The van der Waals surface area contributed by atoms with Gasteiger partial charge in [-0.05, 0) is 36.8 Å². The Labute approximate surface area is 103 Å². The van der Waals surface area contributed by atoms with Gasteiger partial charge in [-0.2, -0.15) is 0 Å². The van der Waals surface area contributed by atoms with Crippen molar-refractivity contribution in [2.24, 2.45) is 0 Å². The van der Waals surface area contributed by atoms with Gasteiger partial charge >= 0.3 is 5.97 Å². The van der Waals surface area contributed by atoms with Crippen LogP contribution in [-0.2, 0) is 4.74 Å². The average molecular weight is 250 g/mol. The quantitative estimate of drug-likeness (QED) is 0.776. The van der Waals surface area contributed by atoms with Crippen molar-refractivity contribution in [2.45, 2.75) is 6.92 Å². The van der Waals surface area contributed by atoms with E-state index in [-0.39, 0.29) is 11.8 Å². The number of hydrogen-bond donors (Lipinski definition) is 0. The number of hydrogen-bond acceptors (Lipinski definition) is 3. The Morgan fingerprint density at radius 2 is 1.94 bits per heavy atom. The zero-order chi connectivity index (χ0) is 12.3. The molecule has 4 heteroatoms. The number of rotatable bonds is 3. The molecule has 0 fully saturated rings. The Kier molecular flexibility index (Phi) is 3.54. The summed E-state index contributed by atoms with van der Waals surface area (Å²) in [6.07, 6.45) is 0. The summed E-state index contributed by atoms with van der Waals surface area (Å²) in [5.74, 6) is -0.582. The van der Waals surface area contributed by atoms with E-state index in [1.165, 1.54) is 23.5 Å². The minimum Gasteiger partial charge on any atom is -0.462 e. The number of thiophene rings is 1. The van der Waals surface area contributed by atoms with Crippen LogP contribution >= 0.6 is 11.3 Å². The van der Waals surface area contributed by atoms with Crippen molar-refractivity contribution < 1.29 is 13.9 Å². The van der Waals surface area contributed by atoms with E-state index >= 15 is 0 Å². The second-order valence-electron chi connectivity index (χ2n) is 3.39. The van der Waals surface area contributed by atoms with Gasteiger partial charge in [0.05, 0.1) is 6.61 Å². The van der Waals surface area contributed by atoms with E-state index in [4.69, 9.17) is 4.74 Å². The highest BCUT2D eigenvalue weighted by Gasteiger charge is 2.10. The molecule has 0 atom stereocenters. The first kappa shape index (κ1) is 11.8. The van der Waals surface area contributed by atoms with Crippen LogP contribution in [0.2, 0.25) is 0 Å². The van der Waals surface area contributed by atoms with Crippen LogP contribution in [0.3, 0.4) is 0 Å². The van der Waals surface area contributed by atoms with E-state index in [0.29, 0.717) is 11.5 Å². The highest BCUT2D eigenvalue weighted by Crippen LogP contribution is 2.28. The van der Waals surface area contributed by atoms with Crippen LogP contribution in [0.1, 0.15) is 16.6 Å². The predicted octanol–water partition coefficient (Wildman–Crippen LogP) is 3.73. The highest BCUT2D eigenvalue weighted by atomic mass is 32.1. The molecule has 0 spiro atoms. The Hall–Kier alpha value is -1.68. The van der Waals surface area contributed by atoms with Gasteiger partial charge in [0.1, 0.15) is 10.7 Å². The number of carbonyl (C=O) groups excluding carboxylic acids is 1. The third kappa shape index (κ3) is 2.71. The molecule has 0 saturated carbocycles. The van der Waals surface area contributed by atoms with Crippen molar-refractivity contribution in [3.05, 3.63) is 47.1 Å². The summed E-state index contributed by atoms with van der Waals surface area (Å²) >= 11 is 1.34. The van der Waals surface area contributed by atoms with Gasteiger partial charge in [-0.3, -0.25) is 0 Å². The van der Waals surface area contributed by atoms with Gasteiger partial charge in [-0.15, -0.1) is 11.3 Å². The molecule has 1 aromatic heterocycles. The van der Waals surface area contributed by atoms with Gasteiger partial charge in [-0.1, -0.05) is 12.1 Å². The van der Waals surface area contributed by atoms with Crippen molar-refractivity contribution in [3.63, 3.8) is 0 Å². The largest absolute Gasteiger partial charge is 0.462 e. The lowest BCUT2D eigenvalue weighted by molar-refractivity contribution is 0.0532. The number of benzene rings is 1. The van der Waals surface area contributed by atoms with Crippen molar-refractivity contribution in [1.82, 2.24) is 0 Å². The second-order valence-corrected chi connectivity index (χ2v) is 4.48. The molecule has 0 aliphatic carbocycles. The number of ether oxygens (including phenoxy) is 1. The molecule has 17 heavy (non-hydrogen) atoms. The first-order valence-electron chi connectivity index (χ1n) is 5.23. The molecular weight excluding hydrogens is 239 g/mol. The highest BCUT2D eigenvalue weighted by molar-refractivity contribution is 7.17. The molecule has 88 valence electrons. The van der Waals surface area contributed by atoms with Crippen LogP contribution < -0.4 is 0 Å². The molecule has 0 N–H and O–H groups in total. The summed E-state index contributed by atoms with van der Waals surface area (Å²) in [6, 6.07) is 9.75. The summed E-state index contributed by atoms with van der Waals surface area (Å²) in [5.41, 5.74) is 0.895. The summed E-state index contributed by atoms with van der Waals surface area (Å²) in [4.78, 5) is 13.0. The maximum atomic E-state index is 12.8. The monoisotopic (exact) mass is 250 g/mol. The van der Waals surface area contributed by atoms with Gasteiger partial charge in [-0.25, -0.2) is 9.18 Å². The fourth-order valence-electron chi connectivity index (χ4n) is 1.42. The Balaban J connectivity index is 2.23. The van der Waals surface area contributed by atoms with Crippen LogP contribution in [0.4, 0.5) is 4.39 Å². The van der Waals surface area contributed by atoms with E-state index in [1.54, 1.807) is 25.1 Å². The number of esters is 1. The zero-order valence-corrected chi connectivity index (χ0v) is 10.1. The third-order valence-corrected chi connectivity index (χ3v) is 3.33. The van der Waals surface area contributed by atoms with E-state index in [9.17, 15) is 9.18 Å². The first-order chi connectivity index (χ1) is 8.20. The van der Waals surface area contributed by atoms with Crippen LogP contribution in [-0.4, -0.2) is 12.6 Å². The van der Waals surface area contributed by atoms with Crippen LogP contribution in [0.25, 0.3) is 10.4 Å². The van der Waals surface area contributed by atoms with Crippen LogP contribution in [0.15, 0.2) is 36.4 Å². The van der Waals surface area contributed by atoms with E-state index in [1.807, 2.05) is 6.07 Å². The van der Waals surface area contributed by atoms with E-state index in [0.717, 1.165) is 10.4 Å². The molecule has 2 nitrogen and oxygen atoms in total. The Morgan fingerprint density at radius 3 is 2.59 bits per heavy atom. The topological polar surface area (TPSA) is 26.3 Å². The summed E-state index contributed by atoms with van der Waals surface area (Å²) in [5, 5.41) is 0.